The van der Waals surface area contributed by atoms with Crippen molar-refractivity contribution in [2.75, 3.05) is 0 Å². The van der Waals surface area contributed by atoms with E-state index < -0.39 is 15.9 Å². The van der Waals surface area contributed by atoms with E-state index in [4.69, 9.17) is 5.21 Å². The molecule has 0 fully saturated rings. The van der Waals surface area contributed by atoms with Crippen LogP contribution in [-0.2, 0) is 21.9 Å². The maximum Gasteiger partial charge on any atom is 0.270 e. The first kappa shape index (κ1) is 14.0. The molecule has 0 spiro atoms. The van der Waals surface area contributed by atoms with E-state index in [1.54, 1.807) is 7.05 Å². The van der Waals surface area contributed by atoms with Crippen molar-refractivity contribution in [3.8, 4) is 0 Å². The molecule has 20 heavy (non-hydrogen) atoms. The molecule has 2 N–H and O–H groups in total. The van der Waals surface area contributed by atoms with Crippen LogP contribution in [0.15, 0.2) is 41.8 Å². The zero-order chi connectivity index (χ0) is 14.8. The second kappa shape index (κ2) is 5.31. The average molecular weight is 296 g/mol. The molecule has 0 aliphatic carbocycles. The Morgan fingerprint density at radius 3 is 2.80 bits per heavy atom. The monoisotopic (exact) mass is 296 g/mol. The van der Waals surface area contributed by atoms with E-state index in [2.05, 4.69) is 5.10 Å². The molecule has 1 amide bonds. The molecule has 0 saturated heterocycles. The number of nitrogens with one attached hydrogen (secondary N) is 1. The number of carbonyl (C=O) groups excluding carboxylic acids is 1. The second-order valence-electron chi connectivity index (χ2n) is 3.94. The molecule has 8 nitrogen and oxygen atoms in total. The lowest BCUT2D eigenvalue weighted by atomic mass is 10.3. The average Bonchev–Trinajstić information content (AvgIpc) is 3.05. The number of hydroxylamine groups is 1. The minimum Gasteiger partial charge on any atom is -0.288 e. The van der Waals surface area contributed by atoms with Crippen LogP contribution in [0.2, 0.25) is 0 Å². The summed E-state index contributed by atoms with van der Waals surface area (Å²) in [6.45, 7) is 0. The van der Waals surface area contributed by atoms with E-state index in [0.717, 1.165) is 10.0 Å². The third-order valence-corrected chi connectivity index (χ3v) is 4.07. The Balaban J connectivity index is 2.29. The molecular formula is C11H12N4O4S. The Hall–Kier alpha value is -2.39. The van der Waals surface area contributed by atoms with Crippen LogP contribution in [-0.4, -0.2) is 33.3 Å². The van der Waals surface area contributed by atoms with Gasteiger partial charge >= 0.3 is 0 Å². The van der Waals surface area contributed by atoms with Gasteiger partial charge in [-0.15, -0.1) is 0 Å². The van der Waals surface area contributed by atoms with Gasteiger partial charge in [0.15, 0.2) is 0 Å². The van der Waals surface area contributed by atoms with Gasteiger partial charge in [0.1, 0.15) is 4.90 Å². The molecule has 2 aromatic heterocycles. The normalized spacial score (nSPS) is 11.9. The van der Waals surface area contributed by atoms with Gasteiger partial charge < -0.3 is 0 Å². The van der Waals surface area contributed by atoms with Crippen molar-refractivity contribution >= 4 is 22.0 Å². The fourth-order valence-corrected chi connectivity index (χ4v) is 2.69. The van der Waals surface area contributed by atoms with Gasteiger partial charge in [-0.1, -0.05) is 0 Å². The highest BCUT2D eigenvalue weighted by Gasteiger charge is 2.18. The molecule has 2 aromatic rings. The molecule has 0 unspecified atom stereocenters. The molecule has 106 valence electrons. The summed E-state index contributed by atoms with van der Waals surface area (Å²) in [5, 5.41) is 12.2. The quantitative estimate of drug-likeness (QED) is 0.468. The molecule has 0 atom stereocenters. The van der Waals surface area contributed by atoms with Crippen LogP contribution in [0.3, 0.4) is 0 Å². The zero-order valence-corrected chi connectivity index (χ0v) is 11.3. The van der Waals surface area contributed by atoms with Crippen LogP contribution in [0.4, 0.5) is 0 Å². The number of amides is 1. The molecule has 2 heterocycles. The van der Waals surface area contributed by atoms with Crippen LogP contribution in [0, 0.1) is 0 Å². The summed E-state index contributed by atoms with van der Waals surface area (Å²) in [4.78, 5) is 10.9. The summed E-state index contributed by atoms with van der Waals surface area (Å²) in [5.74, 6) is -0.701. The molecule has 9 heteroatoms. The Kier molecular flexibility index (Phi) is 3.72. The molecule has 0 aromatic carbocycles. The van der Waals surface area contributed by atoms with E-state index in [1.807, 2.05) is 0 Å². The zero-order valence-electron chi connectivity index (χ0n) is 10.5. The lowest BCUT2D eigenvalue weighted by Crippen LogP contribution is -2.14. The van der Waals surface area contributed by atoms with Gasteiger partial charge in [0.05, 0.1) is 6.20 Å². The summed E-state index contributed by atoms with van der Waals surface area (Å²) >= 11 is 0. The van der Waals surface area contributed by atoms with E-state index in [1.165, 1.54) is 47.1 Å². The van der Waals surface area contributed by atoms with Gasteiger partial charge in [0.25, 0.3) is 15.9 Å². The Bertz CT molecular complexity index is 757. The van der Waals surface area contributed by atoms with E-state index in [9.17, 15) is 13.2 Å². The summed E-state index contributed by atoms with van der Waals surface area (Å²) < 4.78 is 26.9. The van der Waals surface area contributed by atoms with Crippen molar-refractivity contribution < 1.29 is 18.4 Å². The van der Waals surface area contributed by atoms with Crippen molar-refractivity contribution in [1.29, 1.82) is 0 Å². The highest BCUT2D eigenvalue weighted by atomic mass is 32.2. The predicted octanol–water partition coefficient (Wildman–Crippen LogP) is -0.0228. The van der Waals surface area contributed by atoms with Crippen molar-refractivity contribution in [3.05, 3.63) is 42.5 Å². The minimum atomic E-state index is -3.69. The maximum atomic E-state index is 12.2. The molecule has 0 saturated carbocycles. The molecule has 0 bridgehead atoms. The number of rotatable bonds is 4. The smallest absolute Gasteiger partial charge is 0.270 e. The summed E-state index contributed by atoms with van der Waals surface area (Å²) in [6, 6.07) is 1.52. The van der Waals surface area contributed by atoms with Gasteiger partial charge in [-0.2, -0.15) is 5.10 Å². The highest BCUT2D eigenvalue weighted by molar-refractivity contribution is 7.90. The van der Waals surface area contributed by atoms with Gasteiger partial charge in [0.2, 0.25) is 0 Å². The van der Waals surface area contributed by atoms with E-state index in [0.29, 0.717) is 5.56 Å². The number of aryl methyl sites for hydroxylation is 1. The first-order valence-electron chi connectivity index (χ1n) is 5.48. The predicted molar refractivity (Wildman–Crippen MR) is 69.2 cm³/mol. The fourth-order valence-electron chi connectivity index (χ4n) is 1.50. The van der Waals surface area contributed by atoms with E-state index >= 15 is 0 Å². The number of hydrogen-bond acceptors (Lipinski definition) is 5. The number of aromatic nitrogens is 3. The summed E-state index contributed by atoms with van der Waals surface area (Å²) in [6.07, 6.45) is 7.81. The van der Waals surface area contributed by atoms with Crippen LogP contribution in [0.25, 0.3) is 6.08 Å². The first-order chi connectivity index (χ1) is 9.43. The minimum absolute atomic E-state index is 0.0687. The molecule has 0 aliphatic rings. The number of carbonyl (C=O) groups is 1. The molecular weight excluding hydrogens is 284 g/mol. The Labute approximate surface area is 115 Å². The van der Waals surface area contributed by atoms with Crippen LogP contribution in [0.1, 0.15) is 5.56 Å². The maximum absolute atomic E-state index is 12.2. The van der Waals surface area contributed by atoms with Crippen molar-refractivity contribution in [2.45, 2.75) is 4.90 Å². The van der Waals surface area contributed by atoms with Crippen LogP contribution >= 0.6 is 0 Å². The van der Waals surface area contributed by atoms with Gasteiger partial charge in [-0.25, -0.2) is 17.9 Å². The van der Waals surface area contributed by atoms with Crippen molar-refractivity contribution in [2.24, 2.45) is 7.05 Å². The number of hydrogen-bond donors (Lipinski definition) is 2. The van der Waals surface area contributed by atoms with Crippen LogP contribution < -0.4 is 5.48 Å². The third kappa shape index (κ3) is 2.78. The molecule has 0 radical (unpaired) electrons. The number of nitrogens with zero attached hydrogens (tertiary/aromatic N) is 3. The third-order valence-electron chi connectivity index (χ3n) is 2.48. The SMILES string of the molecule is Cn1cc(S(=O)(=O)n2ccc(/C=C/C(=O)NO)c2)cn1. The Morgan fingerprint density at radius 2 is 2.20 bits per heavy atom. The highest BCUT2D eigenvalue weighted by Crippen LogP contribution is 2.14. The van der Waals surface area contributed by atoms with Gasteiger partial charge in [0, 0.05) is 31.7 Å². The van der Waals surface area contributed by atoms with E-state index in [-0.39, 0.29) is 4.90 Å². The van der Waals surface area contributed by atoms with Gasteiger partial charge in [-0.05, 0) is 17.7 Å². The first-order valence-corrected chi connectivity index (χ1v) is 6.92. The standard InChI is InChI=1S/C11H12N4O4S/c1-14-8-10(6-12-14)20(18,19)15-5-4-9(7-15)2-3-11(16)13-17/h2-8,17H,1H3,(H,13,16)/b3-2+. The lowest BCUT2D eigenvalue weighted by molar-refractivity contribution is -0.124. The van der Waals surface area contributed by atoms with Crippen LogP contribution in [0.5, 0.6) is 0 Å². The lowest BCUT2D eigenvalue weighted by Gasteiger charge is -2.01. The van der Waals surface area contributed by atoms with Crippen molar-refractivity contribution in [3.63, 3.8) is 0 Å². The summed E-state index contributed by atoms with van der Waals surface area (Å²) in [5.41, 5.74) is 1.94. The van der Waals surface area contributed by atoms with Gasteiger partial charge in [-0.3, -0.25) is 14.7 Å². The van der Waals surface area contributed by atoms with Crippen molar-refractivity contribution in [1.82, 2.24) is 19.2 Å². The fraction of sp³-hybridized carbons (Fsp3) is 0.0909. The molecule has 0 aliphatic heterocycles. The summed E-state index contributed by atoms with van der Waals surface area (Å²) in [7, 11) is -2.07. The topological polar surface area (TPSA) is 106 Å². The Morgan fingerprint density at radius 1 is 1.45 bits per heavy atom. The largest absolute Gasteiger partial charge is 0.288 e. The molecule has 2 rings (SSSR count). The second-order valence-corrected chi connectivity index (χ2v) is 5.78.